The molecule has 7 heteroatoms. The number of nitrogens with zero attached hydrogens (tertiary/aromatic N) is 2. The number of carboxylic acid groups (broad SMARTS) is 1. The average Bonchev–Trinajstić information content (AvgIpc) is 3.03. The maximum Gasteiger partial charge on any atom is 0.311 e. The first-order valence-corrected chi connectivity index (χ1v) is 8.05. The van der Waals surface area contributed by atoms with E-state index in [1.807, 2.05) is 0 Å². The van der Waals surface area contributed by atoms with E-state index in [0.29, 0.717) is 31.1 Å². The SMILES string of the molecule is O=C1CSCN1CC(=O)N1C[C@@H]2CCC[C@@]2(C(=O)O)C1. The summed E-state index contributed by atoms with van der Waals surface area (Å²) in [7, 11) is 0. The van der Waals surface area contributed by atoms with Crippen LogP contribution < -0.4 is 0 Å². The van der Waals surface area contributed by atoms with Crippen LogP contribution in [0.15, 0.2) is 0 Å². The van der Waals surface area contributed by atoms with Crippen molar-refractivity contribution in [2.75, 3.05) is 31.3 Å². The van der Waals surface area contributed by atoms with Crippen molar-refractivity contribution in [3.05, 3.63) is 0 Å². The molecule has 20 heavy (non-hydrogen) atoms. The van der Waals surface area contributed by atoms with Gasteiger partial charge in [0.15, 0.2) is 0 Å². The third kappa shape index (κ3) is 2.08. The van der Waals surface area contributed by atoms with Gasteiger partial charge in [0, 0.05) is 13.1 Å². The van der Waals surface area contributed by atoms with E-state index < -0.39 is 11.4 Å². The molecule has 2 saturated heterocycles. The van der Waals surface area contributed by atoms with E-state index in [0.717, 1.165) is 12.8 Å². The Hall–Kier alpha value is -1.24. The summed E-state index contributed by atoms with van der Waals surface area (Å²) in [5.74, 6) is 0.184. The molecule has 0 aromatic heterocycles. The van der Waals surface area contributed by atoms with Gasteiger partial charge < -0.3 is 14.9 Å². The maximum absolute atomic E-state index is 12.3. The Labute approximate surface area is 121 Å². The number of likely N-dealkylation sites (tertiary alicyclic amines) is 1. The van der Waals surface area contributed by atoms with Crippen molar-refractivity contribution in [2.24, 2.45) is 11.3 Å². The van der Waals surface area contributed by atoms with E-state index in [4.69, 9.17) is 0 Å². The van der Waals surface area contributed by atoms with Gasteiger partial charge in [-0.3, -0.25) is 14.4 Å². The van der Waals surface area contributed by atoms with Gasteiger partial charge in [0.1, 0.15) is 6.54 Å². The van der Waals surface area contributed by atoms with Crippen LogP contribution in [0.1, 0.15) is 19.3 Å². The van der Waals surface area contributed by atoms with Crippen molar-refractivity contribution in [2.45, 2.75) is 19.3 Å². The highest BCUT2D eigenvalue weighted by atomic mass is 32.2. The smallest absolute Gasteiger partial charge is 0.311 e. The Kier molecular flexibility index (Phi) is 3.40. The number of thioether (sulfide) groups is 1. The van der Waals surface area contributed by atoms with Gasteiger partial charge >= 0.3 is 5.97 Å². The minimum absolute atomic E-state index is 0.00399. The summed E-state index contributed by atoms with van der Waals surface area (Å²) >= 11 is 1.51. The molecule has 1 saturated carbocycles. The molecule has 2 aliphatic heterocycles. The molecule has 2 heterocycles. The number of carbonyl (C=O) groups is 3. The lowest BCUT2D eigenvalue weighted by Gasteiger charge is -2.24. The molecule has 0 spiro atoms. The van der Waals surface area contributed by atoms with Gasteiger partial charge in [-0.1, -0.05) is 6.42 Å². The molecule has 3 fully saturated rings. The van der Waals surface area contributed by atoms with E-state index in [2.05, 4.69) is 0 Å². The Balaban J connectivity index is 1.66. The van der Waals surface area contributed by atoms with Crippen molar-refractivity contribution in [3.8, 4) is 0 Å². The zero-order valence-corrected chi connectivity index (χ0v) is 12.0. The quantitative estimate of drug-likeness (QED) is 0.807. The lowest BCUT2D eigenvalue weighted by atomic mass is 9.81. The third-order valence-corrected chi connectivity index (χ3v) is 5.75. The number of hydrogen-bond acceptors (Lipinski definition) is 4. The molecular formula is C13H18N2O4S. The fourth-order valence-corrected chi connectivity index (χ4v) is 4.54. The van der Waals surface area contributed by atoms with E-state index >= 15 is 0 Å². The van der Waals surface area contributed by atoms with Crippen LogP contribution in [0, 0.1) is 11.3 Å². The van der Waals surface area contributed by atoms with Crippen LogP contribution in [-0.2, 0) is 14.4 Å². The minimum atomic E-state index is -0.775. The number of rotatable bonds is 3. The monoisotopic (exact) mass is 298 g/mol. The standard InChI is InChI=1S/C13H18N2O4S/c16-10(5-15-8-20-6-11(15)17)14-4-9-2-1-3-13(9,7-14)12(18)19/h9H,1-8H2,(H,18,19)/t9-,13+/m0/s1. The number of hydrogen-bond donors (Lipinski definition) is 1. The molecule has 1 N–H and O–H groups in total. The summed E-state index contributed by atoms with van der Waals surface area (Å²) in [5, 5.41) is 9.49. The molecule has 0 aromatic carbocycles. The largest absolute Gasteiger partial charge is 0.481 e. The second-order valence-electron chi connectivity index (χ2n) is 5.89. The molecule has 0 unspecified atom stereocenters. The molecule has 3 rings (SSSR count). The molecule has 0 bridgehead atoms. The van der Waals surface area contributed by atoms with E-state index in [-0.39, 0.29) is 24.3 Å². The number of carbonyl (C=O) groups excluding carboxylic acids is 2. The lowest BCUT2D eigenvalue weighted by Crippen LogP contribution is -2.42. The topological polar surface area (TPSA) is 77.9 Å². The van der Waals surface area contributed by atoms with Gasteiger partial charge in [-0.05, 0) is 18.8 Å². The summed E-state index contributed by atoms with van der Waals surface area (Å²) in [6, 6.07) is 0. The predicted octanol–water partition coefficient (Wildman–Crippen LogP) is 0.233. The Bertz CT molecular complexity index is 469. The van der Waals surface area contributed by atoms with Gasteiger partial charge in [0.2, 0.25) is 11.8 Å². The molecule has 3 aliphatic rings. The number of amides is 2. The predicted molar refractivity (Wildman–Crippen MR) is 73.0 cm³/mol. The first-order chi connectivity index (χ1) is 9.53. The summed E-state index contributed by atoms with van der Waals surface area (Å²) < 4.78 is 0. The van der Waals surface area contributed by atoms with Crippen LogP contribution in [0.5, 0.6) is 0 Å². The van der Waals surface area contributed by atoms with Crippen LogP contribution in [-0.4, -0.2) is 64.0 Å². The molecular weight excluding hydrogens is 280 g/mol. The zero-order valence-electron chi connectivity index (χ0n) is 11.2. The van der Waals surface area contributed by atoms with Crippen molar-refractivity contribution >= 4 is 29.5 Å². The normalized spacial score (nSPS) is 32.8. The third-order valence-electron chi connectivity index (χ3n) is 4.80. The van der Waals surface area contributed by atoms with Gasteiger partial charge in [0.05, 0.1) is 17.0 Å². The number of carboxylic acids is 1. The van der Waals surface area contributed by atoms with Crippen LogP contribution in [0.3, 0.4) is 0 Å². The van der Waals surface area contributed by atoms with Gasteiger partial charge in [0.25, 0.3) is 0 Å². The van der Waals surface area contributed by atoms with Crippen molar-refractivity contribution in [1.29, 1.82) is 0 Å². The van der Waals surface area contributed by atoms with Crippen molar-refractivity contribution < 1.29 is 19.5 Å². The van der Waals surface area contributed by atoms with Crippen molar-refractivity contribution in [3.63, 3.8) is 0 Å². The van der Waals surface area contributed by atoms with Crippen LogP contribution in [0.2, 0.25) is 0 Å². The second-order valence-corrected chi connectivity index (χ2v) is 6.85. The summed E-state index contributed by atoms with van der Waals surface area (Å²) in [5.41, 5.74) is -0.737. The molecule has 2 amide bonds. The highest BCUT2D eigenvalue weighted by molar-refractivity contribution is 8.00. The van der Waals surface area contributed by atoms with E-state index in [9.17, 15) is 19.5 Å². The maximum atomic E-state index is 12.3. The van der Waals surface area contributed by atoms with Crippen LogP contribution in [0.25, 0.3) is 0 Å². The van der Waals surface area contributed by atoms with E-state index in [1.165, 1.54) is 11.8 Å². The first kappa shape index (κ1) is 13.7. The van der Waals surface area contributed by atoms with Gasteiger partial charge in [-0.25, -0.2) is 0 Å². The summed E-state index contributed by atoms with van der Waals surface area (Å²) in [6.45, 7) is 0.926. The fraction of sp³-hybridized carbons (Fsp3) is 0.769. The Morgan fingerprint density at radius 2 is 2.25 bits per heavy atom. The minimum Gasteiger partial charge on any atom is -0.481 e. The van der Waals surface area contributed by atoms with Crippen molar-refractivity contribution in [1.82, 2.24) is 9.80 Å². The second kappa shape index (κ2) is 4.95. The lowest BCUT2D eigenvalue weighted by molar-refractivity contribution is -0.150. The molecule has 2 atom stereocenters. The van der Waals surface area contributed by atoms with Gasteiger partial charge in [-0.15, -0.1) is 11.8 Å². The molecule has 6 nitrogen and oxygen atoms in total. The number of aliphatic carboxylic acids is 1. The Morgan fingerprint density at radius 3 is 2.85 bits per heavy atom. The van der Waals surface area contributed by atoms with Gasteiger partial charge in [-0.2, -0.15) is 0 Å². The Morgan fingerprint density at radius 1 is 1.45 bits per heavy atom. The average molecular weight is 298 g/mol. The molecule has 0 radical (unpaired) electrons. The zero-order chi connectivity index (χ0) is 14.3. The fourth-order valence-electron chi connectivity index (χ4n) is 3.63. The van der Waals surface area contributed by atoms with Crippen LogP contribution in [0.4, 0.5) is 0 Å². The summed E-state index contributed by atoms with van der Waals surface area (Å²) in [6.07, 6.45) is 2.48. The first-order valence-electron chi connectivity index (χ1n) is 6.89. The van der Waals surface area contributed by atoms with E-state index in [1.54, 1.807) is 9.80 Å². The number of fused-ring (bicyclic) bond motifs is 1. The molecule has 110 valence electrons. The van der Waals surface area contributed by atoms with Crippen LogP contribution >= 0.6 is 11.8 Å². The highest BCUT2D eigenvalue weighted by Crippen LogP contribution is 2.48. The molecule has 0 aromatic rings. The molecule has 1 aliphatic carbocycles. The highest BCUT2D eigenvalue weighted by Gasteiger charge is 2.55. The summed E-state index contributed by atoms with van der Waals surface area (Å²) in [4.78, 5) is 38.6.